The second kappa shape index (κ2) is 6.56. The highest BCUT2D eigenvalue weighted by Gasteiger charge is 2.29. The molecule has 1 N–H and O–H groups in total. The van der Waals surface area contributed by atoms with Gasteiger partial charge in [0.25, 0.3) is 0 Å². The first-order valence-corrected chi connectivity index (χ1v) is 9.25. The molecule has 0 bridgehead atoms. The zero-order chi connectivity index (χ0) is 16.6. The van der Waals surface area contributed by atoms with Crippen LogP contribution in [0.15, 0.2) is 23.1 Å². The normalized spacial score (nSPS) is 27.3. The second-order valence-corrected chi connectivity index (χ2v) is 8.07. The van der Waals surface area contributed by atoms with E-state index in [1.165, 1.54) is 6.42 Å². The van der Waals surface area contributed by atoms with Gasteiger partial charge in [-0.2, -0.15) is 0 Å². The van der Waals surface area contributed by atoms with Gasteiger partial charge in [-0.15, -0.1) is 11.8 Å². The fourth-order valence-corrected chi connectivity index (χ4v) is 4.48. The van der Waals surface area contributed by atoms with Crippen molar-refractivity contribution >= 4 is 29.3 Å². The number of hydrogen-bond donors (Lipinski definition) is 1. The molecule has 1 fully saturated rings. The molecule has 2 aliphatic heterocycles. The highest BCUT2D eigenvalue weighted by atomic mass is 32.2. The average Bonchev–Trinajstić information content (AvgIpc) is 2.48. The molecule has 2 heterocycles. The van der Waals surface area contributed by atoms with Crippen molar-refractivity contribution in [2.75, 3.05) is 5.32 Å². The van der Waals surface area contributed by atoms with Crippen LogP contribution in [0.25, 0.3) is 0 Å². The van der Waals surface area contributed by atoms with E-state index in [-0.39, 0.29) is 17.1 Å². The zero-order valence-corrected chi connectivity index (χ0v) is 14.8. The van der Waals surface area contributed by atoms with E-state index >= 15 is 0 Å². The van der Waals surface area contributed by atoms with Crippen LogP contribution >= 0.6 is 11.8 Å². The van der Waals surface area contributed by atoms with Crippen molar-refractivity contribution in [1.29, 1.82) is 0 Å². The van der Waals surface area contributed by atoms with Gasteiger partial charge in [-0.05, 0) is 57.7 Å². The number of nitrogens with one attached hydrogen (secondary N) is 1. The molecule has 0 aromatic heterocycles. The first kappa shape index (κ1) is 16.4. The lowest BCUT2D eigenvalue weighted by molar-refractivity contribution is -0.136. The Hall–Kier alpha value is -1.49. The van der Waals surface area contributed by atoms with Gasteiger partial charge in [0.2, 0.25) is 11.8 Å². The number of carbonyl (C=O) groups excluding carboxylic acids is 2. The number of likely N-dealkylation sites (tertiary alicyclic amines) is 1. The molecule has 5 heteroatoms. The van der Waals surface area contributed by atoms with E-state index in [1.807, 2.05) is 30.0 Å². The molecule has 23 heavy (non-hydrogen) atoms. The molecule has 3 unspecified atom stereocenters. The quantitative estimate of drug-likeness (QED) is 0.902. The third-order valence-electron chi connectivity index (χ3n) is 4.81. The van der Waals surface area contributed by atoms with Gasteiger partial charge >= 0.3 is 0 Å². The van der Waals surface area contributed by atoms with Gasteiger partial charge in [0.1, 0.15) is 0 Å². The molecular weight excluding hydrogens is 308 g/mol. The summed E-state index contributed by atoms with van der Waals surface area (Å²) in [5, 5.41) is 2.87. The Balaban J connectivity index is 1.74. The van der Waals surface area contributed by atoms with Crippen molar-refractivity contribution in [3.05, 3.63) is 23.8 Å². The average molecular weight is 332 g/mol. The molecule has 2 amide bonds. The SMILES string of the molecule is CC1Sc2ccc(CC(=O)N3C(C)CCCC3C)cc2NC1=O. The van der Waals surface area contributed by atoms with Crippen molar-refractivity contribution in [3.63, 3.8) is 0 Å². The van der Waals surface area contributed by atoms with E-state index in [9.17, 15) is 9.59 Å². The number of amides is 2. The summed E-state index contributed by atoms with van der Waals surface area (Å²) in [5.41, 5.74) is 1.80. The second-order valence-electron chi connectivity index (χ2n) is 6.69. The smallest absolute Gasteiger partial charge is 0.237 e. The Labute approximate surface area is 142 Å². The van der Waals surface area contributed by atoms with Gasteiger partial charge in [0.05, 0.1) is 17.4 Å². The summed E-state index contributed by atoms with van der Waals surface area (Å²) in [6.45, 7) is 6.18. The minimum Gasteiger partial charge on any atom is -0.337 e. The van der Waals surface area contributed by atoms with Gasteiger partial charge in [-0.1, -0.05) is 6.07 Å². The molecule has 3 atom stereocenters. The zero-order valence-electron chi connectivity index (χ0n) is 14.0. The molecular formula is C18H24N2O2S. The molecule has 0 radical (unpaired) electrons. The van der Waals surface area contributed by atoms with Gasteiger partial charge in [0.15, 0.2) is 0 Å². The Morgan fingerprint density at radius 1 is 1.26 bits per heavy atom. The standard InChI is InChI=1S/C18H24N2O2S/c1-11-5-4-6-12(2)20(11)17(21)10-14-7-8-16-15(9-14)19-18(22)13(3)23-16/h7-9,11-13H,4-6,10H2,1-3H3,(H,19,22). The molecule has 1 saturated heterocycles. The number of thioether (sulfide) groups is 1. The minimum absolute atomic E-state index is 0.0317. The first-order valence-electron chi connectivity index (χ1n) is 8.37. The molecule has 3 rings (SSSR count). The molecule has 1 aromatic carbocycles. The number of benzene rings is 1. The molecule has 0 aliphatic carbocycles. The van der Waals surface area contributed by atoms with Gasteiger partial charge in [-0.25, -0.2) is 0 Å². The Kier molecular flexibility index (Phi) is 4.67. The summed E-state index contributed by atoms with van der Waals surface area (Å²) < 4.78 is 0. The maximum absolute atomic E-state index is 12.7. The van der Waals surface area contributed by atoms with E-state index in [0.717, 1.165) is 29.0 Å². The van der Waals surface area contributed by atoms with Crippen LogP contribution in [0.5, 0.6) is 0 Å². The Morgan fingerprint density at radius 3 is 2.65 bits per heavy atom. The summed E-state index contributed by atoms with van der Waals surface area (Å²) in [7, 11) is 0. The number of piperidine rings is 1. The molecule has 4 nitrogen and oxygen atoms in total. The number of rotatable bonds is 2. The van der Waals surface area contributed by atoms with Gasteiger partial charge in [-0.3, -0.25) is 9.59 Å². The van der Waals surface area contributed by atoms with E-state index in [2.05, 4.69) is 19.2 Å². The van der Waals surface area contributed by atoms with Gasteiger partial charge in [0, 0.05) is 17.0 Å². The van der Waals surface area contributed by atoms with Gasteiger partial charge < -0.3 is 10.2 Å². The summed E-state index contributed by atoms with van der Waals surface area (Å²) in [4.78, 5) is 27.6. The largest absolute Gasteiger partial charge is 0.337 e. The molecule has 0 saturated carbocycles. The highest BCUT2D eigenvalue weighted by Crippen LogP contribution is 2.36. The van der Waals surface area contributed by atoms with Crippen molar-refractivity contribution < 1.29 is 9.59 Å². The molecule has 124 valence electrons. The summed E-state index contributed by atoms with van der Waals surface area (Å²) in [5.74, 6) is 0.219. The Morgan fingerprint density at radius 2 is 1.96 bits per heavy atom. The third kappa shape index (κ3) is 3.39. The highest BCUT2D eigenvalue weighted by molar-refractivity contribution is 8.00. The van der Waals surface area contributed by atoms with Crippen LogP contribution < -0.4 is 5.32 Å². The van der Waals surface area contributed by atoms with Crippen LogP contribution in [0.4, 0.5) is 5.69 Å². The Bertz CT molecular complexity index is 621. The number of hydrogen-bond acceptors (Lipinski definition) is 3. The lowest BCUT2D eigenvalue weighted by Crippen LogP contribution is -2.48. The first-order chi connectivity index (χ1) is 11.0. The van der Waals surface area contributed by atoms with Crippen LogP contribution in [-0.2, 0) is 16.0 Å². The topological polar surface area (TPSA) is 49.4 Å². The van der Waals surface area contributed by atoms with E-state index in [1.54, 1.807) is 11.8 Å². The van der Waals surface area contributed by atoms with Crippen LogP contribution in [0.3, 0.4) is 0 Å². The van der Waals surface area contributed by atoms with E-state index < -0.39 is 0 Å². The monoisotopic (exact) mass is 332 g/mol. The van der Waals surface area contributed by atoms with Crippen molar-refractivity contribution in [3.8, 4) is 0 Å². The summed E-state index contributed by atoms with van der Waals surface area (Å²) in [6.07, 6.45) is 3.78. The van der Waals surface area contributed by atoms with Crippen molar-refractivity contribution in [2.24, 2.45) is 0 Å². The number of anilines is 1. The molecule has 1 aromatic rings. The summed E-state index contributed by atoms with van der Waals surface area (Å²) in [6, 6.07) is 6.61. The molecule has 0 spiro atoms. The predicted molar refractivity (Wildman–Crippen MR) is 93.7 cm³/mol. The van der Waals surface area contributed by atoms with Crippen LogP contribution in [0.1, 0.15) is 45.6 Å². The lowest BCUT2D eigenvalue weighted by Gasteiger charge is -2.39. The predicted octanol–water partition coefficient (Wildman–Crippen LogP) is 3.45. The van der Waals surface area contributed by atoms with E-state index in [0.29, 0.717) is 18.5 Å². The fraction of sp³-hybridized carbons (Fsp3) is 0.556. The minimum atomic E-state index is -0.0648. The maximum Gasteiger partial charge on any atom is 0.237 e. The number of fused-ring (bicyclic) bond motifs is 1. The number of nitrogens with zero attached hydrogens (tertiary/aromatic N) is 1. The van der Waals surface area contributed by atoms with Crippen molar-refractivity contribution in [1.82, 2.24) is 4.90 Å². The van der Waals surface area contributed by atoms with Crippen LogP contribution in [-0.4, -0.2) is 34.0 Å². The van der Waals surface area contributed by atoms with E-state index in [4.69, 9.17) is 0 Å². The third-order valence-corrected chi connectivity index (χ3v) is 5.99. The maximum atomic E-state index is 12.7. The van der Waals surface area contributed by atoms with Crippen LogP contribution in [0.2, 0.25) is 0 Å². The number of carbonyl (C=O) groups is 2. The fourth-order valence-electron chi connectivity index (χ4n) is 3.54. The van der Waals surface area contributed by atoms with Crippen molar-refractivity contribution in [2.45, 2.75) is 68.7 Å². The summed E-state index contributed by atoms with van der Waals surface area (Å²) >= 11 is 1.57. The molecule has 2 aliphatic rings. The lowest BCUT2D eigenvalue weighted by atomic mass is 9.96. The van der Waals surface area contributed by atoms with Crippen LogP contribution in [0, 0.1) is 0 Å².